The summed E-state index contributed by atoms with van der Waals surface area (Å²) in [7, 11) is 0. The minimum Gasteiger partial charge on any atom is -0.351 e. The fraction of sp³-hybridized carbons (Fsp3) is 0.353. The molecule has 3 rings (SSSR count). The molecule has 0 atom stereocenters. The molecule has 3 aromatic carbocycles. The zero-order chi connectivity index (χ0) is 31.9. The van der Waals surface area contributed by atoms with Crippen LogP contribution in [0.1, 0.15) is 69.1 Å². The van der Waals surface area contributed by atoms with E-state index in [1.165, 1.54) is 0 Å². The van der Waals surface area contributed by atoms with Crippen LogP contribution in [0, 0.1) is 0 Å². The van der Waals surface area contributed by atoms with Gasteiger partial charge < -0.3 is 31.1 Å². The summed E-state index contributed by atoms with van der Waals surface area (Å²) in [5, 5.41) is 11.5. The first-order valence-electron chi connectivity index (χ1n) is 15.2. The zero-order valence-electron chi connectivity index (χ0n) is 26.1. The number of para-hydroxylation sites is 2. The third kappa shape index (κ3) is 9.75. The number of nitrogens with zero attached hydrogens (tertiary/aromatic N) is 2. The number of benzene rings is 3. The predicted molar refractivity (Wildman–Crippen MR) is 175 cm³/mol. The molecule has 0 saturated carbocycles. The summed E-state index contributed by atoms with van der Waals surface area (Å²) in [4.78, 5) is 56.1. The molecule has 0 radical (unpaired) electrons. The predicted octanol–water partition coefficient (Wildman–Crippen LogP) is 4.33. The van der Waals surface area contributed by atoms with Crippen molar-refractivity contribution in [3.63, 3.8) is 0 Å². The number of hydrogen-bond donors (Lipinski definition) is 4. The Morgan fingerprint density at radius 1 is 0.500 bits per heavy atom. The minimum absolute atomic E-state index is 0.266. The molecule has 4 amide bonds. The molecule has 0 aliphatic carbocycles. The first-order chi connectivity index (χ1) is 21.3. The van der Waals surface area contributed by atoms with Crippen molar-refractivity contribution in [2.24, 2.45) is 0 Å². The van der Waals surface area contributed by atoms with Crippen molar-refractivity contribution < 1.29 is 19.2 Å². The maximum Gasteiger partial charge on any atom is 0.255 e. The highest BCUT2D eigenvalue weighted by molar-refractivity contribution is 6.11. The Hall–Kier alpha value is -4.54. The fourth-order valence-corrected chi connectivity index (χ4v) is 4.67. The number of anilines is 2. The second kappa shape index (κ2) is 17.5. The van der Waals surface area contributed by atoms with E-state index in [0.29, 0.717) is 46.7 Å². The maximum atomic E-state index is 13.0. The van der Waals surface area contributed by atoms with Gasteiger partial charge in [0, 0.05) is 37.3 Å². The normalized spacial score (nSPS) is 10.9. The van der Waals surface area contributed by atoms with Crippen LogP contribution in [-0.4, -0.2) is 85.8 Å². The molecule has 0 spiro atoms. The molecule has 44 heavy (non-hydrogen) atoms. The van der Waals surface area contributed by atoms with E-state index in [1.807, 2.05) is 0 Å². The summed E-state index contributed by atoms with van der Waals surface area (Å²) >= 11 is 0. The molecule has 0 unspecified atom stereocenters. The van der Waals surface area contributed by atoms with Crippen molar-refractivity contribution in [3.8, 4) is 0 Å². The summed E-state index contributed by atoms with van der Waals surface area (Å²) in [5.74, 6) is -1.35. The van der Waals surface area contributed by atoms with Crippen LogP contribution in [-0.2, 0) is 0 Å². The van der Waals surface area contributed by atoms with Crippen molar-refractivity contribution in [1.82, 2.24) is 20.4 Å². The van der Waals surface area contributed by atoms with Crippen LogP contribution in [0.4, 0.5) is 11.4 Å². The monoisotopic (exact) mass is 600 g/mol. The number of rotatable bonds is 16. The van der Waals surface area contributed by atoms with Gasteiger partial charge in [0.15, 0.2) is 0 Å². The highest BCUT2D eigenvalue weighted by Crippen LogP contribution is 2.19. The molecular weight excluding hydrogens is 556 g/mol. The Morgan fingerprint density at radius 2 is 0.841 bits per heavy atom. The van der Waals surface area contributed by atoms with Gasteiger partial charge >= 0.3 is 0 Å². The van der Waals surface area contributed by atoms with E-state index < -0.39 is 11.8 Å². The Morgan fingerprint density at radius 3 is 1.18 bits per heavy atom. The SMILES string of the molecule is CCN(CC)CCNC(=O)c1ccccc1NC(=O)c1ccc(C(=O)Nc2ccccc2C(=O)NCCN(CC)CC)cc1. The van der Waals surface area contributed by atoms with Gasteiger partial charge in [-0.1, -0.05) is 52.0 Å². The smallest absolute Gasteiger partial charge is 0.255 e. The fourth-order valence-electron chi connectivity index (χ4n) is 4.67. The van der Waals surface area contributed by atoms with Crippen LogP contribution in [0.3, 0.4) is 0 Å². The number of hydrogen-bond acceptors (Lipinski definition) is 6. The molecule has 0 fully saturated rings. The van der Waals surface area contributed by atoms with Crippen molar-refractivity contribution in [2.75, 3.05) is 63.0 Å². The summed E-state index contributed by atoms with van der Waals surface area (Å²) in [6.45, 7) is 14.4. The Balaban J connectivity index is 1.61. The van der Waals surface area contributed by atoms with E-state index >= 15 is 0 Å². The largest absolute Gasteiger partial charge is 0.351 e. The molecule has 10 nitrogen and oxygen atoms in total. The molecule has 0 bridgehead atoms. The van der Waals surface area contributed by atoms with Crippen LogP contribution in [0.5, 0.6) is 0 Å². The average molecular weight is 601 g/mol. The van der Waals surface area contributed by atoms with Crippen LogP contribution < -0.4 is 21.3 Å². The number of carbonyl (C=O) groups excluding carboxylic acids is 4. The number of likely N-dealkylation sites (N-methyl/N-ethyl adjacent to an activating group) is 2. The lowest BCUT2D eigenvalue weighted by Gasteiger charge is -2.18. The van der Waals surface area contributed by atoms with E-state index in [0.717, 1.165) is 39.3 Å². The van der Waals surface area contributed by atoms with Crippen molar-refractivity contribution in [3.05, 3.63) is 95.1 Å². The quantitative estimate of drug-likeness (QED) is 0.194. The van der Waals surface area contributed by atoms with E-state index in [4.69, 9.17) is 0 Å². The van der Waals surface area contributed by atoms with E-state index in [2.05, 4.69) is 58.8 Å². The topological polar surface area (TPSA) is 123 Å². The molecule has 10 heteroatoms. The molecule has 0 heterocycles. The van der Waals surface area contributed by atoms with Crippen LogP contribution in [0.2, 0.25) is 0 Å². The Labute approximate surface area is 260 Å². The molecule has 234 valence electrons. The molecule has 0 aromatic heterocycles. The summed E-state index contributed by atoms with van der Waals surface area (Å²) in [5.41, 5.74) is 2.18. The summed E-state index contributed by atoms with van der Waals surface area (Å²) < 4.78 is 0. The maximum absolute atomic E-state index is 13.0. The van der Waals surface area contributed by atoms with Gasteiger partial charge in [-0.15, -0.1) is 0 Å². The van der Waals surface area contributed by atoms with Gasteiger partial charge in [0.2, 0.25) is 0 Å². The third-order valence-electron chi connectivity index (χ3n) is 7.47. The third-order valence-corrected chi connectivity index (χ3v) is 7.47. The Kier molecular flexibility index (Phi) is 13.5. The zero-order valence-corrected chi connectivity index (χ0v) is 26.1. The highest BCUT2D eigenvalue weighted by Gasteiger charge is 2.17. The van der Waals surface area contributed by atoms with Gasteiger partial charge in [0.1, 0.15) is 0 Å². The standard InChI is InChI=1S/C34H44N6O4/c1-5-39(6-2)23-21-35-33(43)27-13-9-11-15-29(27)37-31(41)25-17-19-26(20-18-25)32(42)38-30-16-12-10-14-28(30)34(44)36-22-24-40(7-3)8-4/h9-20H,5-8,21-24H2,1-4H3,(H,35,43)(H,36,44)(H,37,41)(H,38,42). The van der Waals surface area contributed by atoms with Crippen LogP contribution >= 0.6 is 0 Å². The molecule has 0 aliphatic rings. The van der Waals surface area contributed by atoms with Gasteiger partial charge in [0.05, 0.1) is 22.5 Å². The molecule has 0 aliphatic heterocycles. The van der Waals surface area contributed by atoms with Crippen LogP contribution in [0.25, 0.3) is 0 Å². The lowest BCUT2D eigenvalue weighted by molar-refractivity contribution is 0.0940. The minimum atomic E-state index is -0.410. The van der Waals surface area contributed by atoms with Gasteiger partial charge in [-0.2, -0.15) is 0 Å². The first kappa shape index (κ1) is 34.0. The molecule has 4 N–H and O–H groups in total. The summed E-state index contributed by atoms with van der Waals surface area (Å²) in [6.07, 6.45) is 0. The van der Waals surface area contributed by atoms with Gasteiger partial charge in [-0.3, -0.25) is 19.2 Å². The number of amides is 4. The van der Waals surface area contributed by atoms with E-state index in [-0.39, 0.29) is 11.8 Å². The second-order valence-corrected chi connectivity index (χ2v) is 10.1. The van der Waals surface area contributed by atoms with Crippen molar-refractivity contribution >= 4 is 35.0 Å². The van der Waals surface area contributed by atoms with Crippen LogP contribution in [0.15, 0.2) is 72.8 Å². The van der Waals surface area contributed by atoms with Gasteiger partial charge in [-0.25, -0.2) is 0 Å². The summed E-state index contributed by atoms with van der Waals surface area (Å²) in [6, 6.07) is 19.9. The molecule has 3 aromatic rings. The lowest BCUT2D eigenvalue weighted by atomic mass is 10.1. The average Bonchev–Trinajstić information content (AvgIpc) is 3.05. The highest BCUT2D eigenvalue weighted by atomic mass is 16.2. The first-order valence-corrected chi connectivity index (χ1v) is 15.2. The van der Waals surface area contributed by atoms with E-state index in [9.17, 15) is 19.2 Å². The molecular formula is C34H44N6O4. The molecule has 0 saturated heterocycles. The van der Waals surface area contributed by atoms with Crippen molar-refractivity contribution in [2.45, 2.75) is 27.7 Å². The van der Waals surface area contributed by atoms with E-state index in [1.54, 1.807) is 72.8 Å². The lowest BCUT2D eigenvalue weighted by Crippen LogP contribution is -2.35. The second-order valence-electron chi connectivity index (χ2n) is 10.1. The Bertz CT molecular complexity index is 1290. The number of carbonyl (C=O) groups is 4. The van der Waals surface area contributed by atoms with Gasteiger partial charge in [-0.05, 0) is 74.7 Å². The number of nitrogens with one attached hydrogen (secondary N) is 4. The van der Waals surface area contributed by atoms with Crippen molar-refractivity contribution in [1.29, 1.82) is 0 Å². The van der Waals surface area contributed by atoms with Gasteiger partial charge in [0.25, 0.3) is 23.6 Å².